The van der Waals surface area contributed by atoms with Crippen LogP contribution in [0.25, 0.3) is 0 Å². The van der Waals surface area contributed by atoms with E-state index in [4.69, 9.17) is 5.11 Å². The molecular weight excluding hydrogens is 304 g/mol. The first-order valence-corrected chi connectivity index (χ1v) is 9.88. The van der Waals surface area contributed by atoms with Gasteiger partial charge in [0, 0.05) is 6.42 Å². The van der Waals surface area contributed by atoms with Crippen LogP contribution in [0.5, 0.6) is 0 Å². The molecule has 0 heterocycles. The molecule has 0 saturated heterocycles. The fourth-order valence-electron chi connectivity index (χ4n) is 3.17. The first-order valence-electron chi connectivity index (χ1n) is 7.93. The van der Waals surface area contributed by atoms with E-state index in [2.05, 4.69) is 13.8 Å². The lowest BCUT2D eigenvalue weighted by molar-refractivity contribution is -0.137. The molecule has 0 fully saturated rings. The fraction of sp³-hybridized carbons (Fsp3) is 0.316. The van der Waals surface area contributed by atoms with Gasteiger partial charge in [-0.1, -0.05) is 74.5 Å². The van der Waals surface area contributed by atoms with Crippen LogP contribution >= 0.6 is 0 Å². The summed E-state index contributed by atoms with van der Waals surface area (Å²) in [7, 11) is -2.99. The topological polar surface area (TPSA) is 57.5 Å². The third-order valence-corrected chi connectivity index (χ3v) is 9.10. The van der Waals surface area contributed by atoms with Crippen molar-refractivity contribution in [3.8, 4) is 0 Å². The molecule has 0 bridgehead atoms. The number of hydrogen-bond donors (Lipinski definition) is 2. The Kier molecular flexibility index (Phi) is 5.39. The van der Waals surface area contributed by atoms with Crippen molar-refractivity contribution in [1.29, 1.82) is 0 Å². The Morgan fingerprint density at radius 1 is 0.957 bits per heavy atom. The van der Waals surface area contributed by atoms with Crippen LogP contribution in [-0.4, -0.2) is 24.2 Å². The average molecular weight is 328 g/mol. The van der Waals surface area contributed by atoms with Crippen LogP contribution < -0.4 is 10.4 Å². The zero-order chi connectivity index (χ0) is 16.9. The van der Waals surface area contributed by atoms with Gasteiger partial charge in [0.2, 0.25) is 0 Å². The Labute approximate surface area is 138 Å². The Hall–Kier alpha value is -1.91. The monoisotopic (exact) mass is 328 g/mol. The summed E-state index contributed by atoms with van der Waals surface area (Å²) in [6, 6.07) is 19.6. The van der Waals surface area contributed by atoms with Crippen LogP contribution in [0.15, 0.2) is 60.7 Å². The first kappa shape index (κ1) is 17.4. The number of benzene rings is 2. The predicted molar refractivity (Wildman–Crippen MR) is 95.7 cm³/mol. The van der Waals surface area contributed by atoms with Crippen molar-refractivity contribution in [2.75, 3.05) is 0 Å². The van der Waals surface area contributed by atoms with Crippen LogP contribution in [0.4, 0.5) is 0 Å². The molecule has 0 saturated carbocycles. The summed E-state index contributed by atoms with van der Waals surface area (Å²) in [5.41, 5.74) is 0. The van der Waals surface area contributed by atoms with Crippen LogP contribution in [0.3, 0.4) is 0 Å². The van der Waals surface area contributed by atoms with Gasteiger partial charge in [-0.3, -0.25) is 4.79 Å². The van der Waals surface area contributed by atoms with Gasteiger partial charge < -0.3 is 9.90 Å². The van der Waals surface area contributed by atoms with Crippen molar-refractivity contribution in [2.45, 2.75) is 38.1 Å². The second kappa shape index (κ2) is 7.11. The highest BCUT2D eigenvalue weighted by molar-refractivity contribution is 6.98. The second-order valence-electron chi connectivity index (χ2n) is 6.57. The van der Waals surface area contributed by atoms with Crippen molar-refractivity contribution in [1.82, 2.24) is 0 Å². The average Bonchev–Trinajstić information content (AvgIpc) is 2.55. The number of carboxylic acids is 1. The van der Waals surface area contributed by atoms with Gasteiger partial charge in [0.25, 0.3) is 8.32 Å². The van der Waals surface area contributed by atoms with E-state index in [1.54, 1.807) is 0 Å². The maximum absolute atomic E-state index is 11.8. The summed E-state index contributed by atoms with van der Waals surface area (Å²) < 4.78 is 0. The highest BCUT2D eigenvalue weighted by Gasteiger charge is 2.49. The predicted octanol–water partition coefficient (Wildman–Crippen LogP) is 2.77. The minimum atomic E-state index is -2.99. The molecule has 122 valence electrons. The molecule has 2 rings (SSSR count). The molecule has 0 unspecified atom stereocenters. The van der Waals surface area contributed by atoms with Gasteiger partial charge in [0.1, 0.15) is 0 Å². The van der Waals surface area contributed by atoms with Crippen molar-refractivity contribution >= 4 is 24.7 Å². The molecule has 0 aliphatic heterocycles. The lowest BCUT2D eigenvalue weighted by Crippen LogP contribution is -2.65. The molecule has 0 spiro atoms. The minimum absolute atomic E-state index is 0.136. The molecule has 0 amide bonds. The van der Waals surface area contributed by atoms with Gasteiger partial charge in [-0.05, 0) is 28.3 Å². The molecule has 2 aromatic rings. The number of carboxylic acid groups (broad SMARTS) is 1. The molecule has 3 nitrogen and oxygen atoms in total. The molecule has 23 heavy (non-hydrogen) atoms. The summed E-state index contributed by atoms with van der Waals surface area (Å²) in [5, 5.41) is 10.5. The zero-order valence-electron chi connectivity index (χ0n) is 13.7. The Morgan fingerprint density at radius 3 is 1.78 bits per heavy atom. The molecule has 0 atom stereocenters. The lowest BCUT2D eigenvalue weighted by Gasteiger charge is -2.41. The Bertz CT molecular complexity index is 599. The molecule has 0 aliphatic carbocycles. The van der Waals surface area contributed by atoms with Crippen LogP contribution in [0, 0.1) is 0 Å². The Morgan fingerprint density at radius 2 is 1.39 bits per heavy atom. The minimum Gasteiger partial charge on any atom is -0.481 e. The zero-order valence-corrected chi connectivity index (χ0v) is 14.7. The molecule has 0 radical (unpaired) electrons. The largest absolute Gasteiger partial charge is 0.481 e. The molecule has 2 N–H and O–H groups in total. The highest BCUT2D eigenvalue weighted by atomic mass is 28.4. The highest BCUT2D eigenvalue weighted by Crippen LogP contribution is 2.40. The molecular formula is C19H24O3Si. The van der Waals surface area contributed by atoms with E-state index in [9.17, 15) is 9.59 Å². The normalized spacial score (nSPS) is 12.1. The van der Waals surface area contributed by atoms with Crippen LogP contribution in [0.2, 0.25) is 5.04 Å². The number of rotatable bonds is 7. The summed E-state index contributed by atoms with van der Waals surface area (Å²) in [6.07, 6.45) is 1.38. The van der Waals surface area contributed by atoms with Gasteiger partial charge in [-0.15, -0.1) is 0 Å². The molecule has 4 heteroatoms. The van der Waals surface area contributed by atoms with Crippen molar-refractivity contribution < 1.29 is 14.7 Å². The van der Waals surface area contributed by atoms with E-state index in [-0.39, 0.29) is 11.5 Å². The number of aliphatic carboxylic acids is 1. The standard InChI is InChI=1S/C19H24O3Si/c1-19(2,15-9-14-18(20)21)23(22,16-10-5-3-6-11-16)17-12-7-4-8-13-17/h3-8,10-13,22H,9,14-15H2,1-2H3,(H,20,21). The van der Waals surface area contributed by atoms with E-state index in [1.165, 1.54) is 0 Å². The third-order valence-electron chi connectivity index (χ3n) is 4.55. The quantitative estimate of drug-likeness (QED) is 0.769. The van der Waals surface area contributed by atoms with E-state index >= 15 is 0 Å². The molecule has 0 aliphatic rings. The van der Waals surface area contributed by atoms with Crippen molar-refractivity contribution in [3.63, 3.8) is 0 Å². The lowest BCUT2D eigenvalue weighted by atomic mass is 10.1. The van der Waals surface area contributed by atoms with Crippen LogP contribution in [0.1, 0.15) is 33.1 Å². The van der Waals surface area contributed by atoms with E-state index in [1.807, 2.05) is 60.7 Å². The SMILES string of the molecule is CC(C)(CCCC(=O)O)[Si](O)(c1ccccc1)c1ccccc1. The first-order chi connectivity index (χ1) is 10.9. The molecule has 0 aromatic heterocycles. The summed E-state index contributed by atoms with van der Waals surface area (Å²) in [4.78, 5) is 22.7. The van der Waals surface area contributed by atoms with E-state index < -0.39 is 14.3 Å². The number of hydrogen-bond acceptors (Lipinski definition) is 2. The van der Waals surface area contributed by atoms with Crippen LogP contribution in [-0.2, 0) is 4.79 Å². The maximum Gasteiger partial charge on any atom is 0.303 e. The second-order valence-corrected chi connectivity index (χ2v) is 10.5. The smallest absolute Gasteiger partial charge is 0.303 e. The summed E-state index contributed by atoms with van der Waals surface area (Å²) in [5.74, 6) is -0.787. The van der Waals surface area contributed by atoms with Gasteiger partial charge in [0.15, 0.2) is 0 Å². The fourth-order valence-corrected chi connectivity index (χ4v) is 6.95. The Balaban J connectivity index is 2.43. The van der Waals surface area contributed by atoms with E-state index in [0.29, 0.717) is 12.8 Å². The van der Waals surface area contributed by atoms with Crippen molar-refractivity contribution in [3.05, 3.63) is 60.7 Å². The molecule has 2 aromatic carbocycles. The van der Waals surface area contributed by atoms with Gasteiger partial charge in [-0.2, -0.15) is 0 Å². The van der Waals surface area contributed by atoms with Crippen molar-refractivity contribution in [2.24, 2.45) is 0 Å². The number of carbonyl (C=O) groups is 1. The summed E-state index contributed by atoms with van der Waals surface area (Å²) in [6.45, 7) is 4.11. The van der Waals surface area contributed by atoms with Gasteiger partial charge >= 0.3 is 5.97 Å². The van der Waals surface area contributed by atoms with Gasteiger partial charge in [-0.25, -0.2) is 0 Å². The summed E-state index contributed by atoms with van der Waals surface area (Å²) >= 11 is 0. The maximum atomic E-state index is 11.8. The van der Waals surface area contributed by atoms with Gasteiger partial charge in [0.05, 0.1) is 0 Å². The third kappa shape index (κ3) is 3.71. The van der Waals surface area contributed by atoms with E-state index in [0.717, 1.165) is 10.4 Å².